The van der Waals surface area contributed by atoms with E-state index in [1.54, 1.807) is 0 Å². The van der Waals surface area contributed by atoms with Crippen LogP contribution >= 0.6 is 11.9 Å². The van der Waals surface area contributed by atoms with Gasteiger partial charge in [0.1, 0.15) is 10.4 Å². The van der Waals surface area contributed by atoms with Crippen molar-refractivity contribution in [2.75, 3.05) is 5.75 Å². The number of aliphatic carboxylic acids is 1. The molecule has 0 rings (SSSR count). The largest absolute Gasteiger partial charge is 0.480 e. The van der Waals surface area contributed by atoms with E-state index in [9.17, 15) is 14.9 Å². The average Bonchev–Trinajstić information content (AvgIpc) is 1.82. The Morgan fingerprint density at radius 2 is 2.40 bits per heavy atom. The van der Waals surface area contributed by atoms with Crippen LogP contribution in [0.4, 0.5) is 0 Å². The van der Waals surface area contributed by atoms with Crippen molar-refractivity contribution < 1.29 is 14.2 Å². The first-order chi connectivity index (χ1) is 4.54. The Bertz CT molecular complexity index is 149. The van der Waals surface area contributed by atoms with Gasteiger partial charge in [-0.05, 0) is 0 Å². The van der Waals surface area contributed by atoms with Gasteiger partial charge in [-0.15, -0.1) is 0 Å². The van der Waals surface area contributed by atoms with E-state index in [1.165, 1.54) is 0 Å². The summed E-state index contributed by atoms with van der Waals surface area (Å²) in [4.78, 5) is 19.6. The Morgan fingerprint density at radius 1 is 1.90 bits per heavy atom. The normalized spacial score (nSPS) is 12.5. The average molecular weight is 166 g/mol. The van der Waals surface area contributed by atoms with Gasteiger partial charge in [0.05, 0.1) is 5.75 Å². The number of carboxylic acids is 1. The Balaban J connectivity index is 3.49. The van der Waals surface area contributed by atoms with Gasteiger partial charge in [-0.3, -0.25) is 14.9 Å². The van der Waals surface area contributed by atoms with Crippen molar-refractivity contribution in [3.8, 4) is 0 Å². The molecule has 0 spiro atoms. The van der Waals surface area contributed by atoms with Crippen LogP contribution in [-0.4, -0.2) is 27.2 Å². The van der Waals surface area contributed by atoms with E-state index in [1.807, 2.05) is 0 Å². The number of nitro groups is 1. The Kier molecular flexibility index (Phi) is 3.74. The summed E-state index contributed by atoms with van der Waals surface area (Å²) in [5, 5.41) is 17.8. The molecule has 0 aromatic rings. The van der Waals surface area contributed by atoms with E-state index in [4.69, 9.17) is 10.8 Å². The topological polar surface area (TPSA) is 106 Å². The number of hydrogen-bond donors (Lipinski definition) is 2. The van der Waals surface area contributed by atoms with Gasteiger partial charge >= 0.3 is 5.97 Å². The summed E-state index contributed by atoms with van der Waals surface area (Å²) in [5.74, 6) is -1.43. The zero-order chi connectivity index (χ0) is 8.15. The van der Waals surface area contributed by atoms with Crippen molar-refractivity contribution in [3.05, 3.63) is 10.1 Å². The summed E-state index contributed by atoms with van der Waals surface area (Å²) in [6, 6.07) is -1.16. The molecular weight excluding hydrogens is 160 g/mol. The highest BCUT2D eigenvalue weighted by atomic mass is 32.2. The summed E-state index contributed by atoms with van der Waals surface area (Å²) < 4.78 is -0.678. The lowest BCUT2D eigenvalue weighted by atomic mass is 10.4. The van der Waals surface area contributed by atoms with Crippen LogP contribution in [0, 0.1) is 10.1 Å². The molecule has 10 heavy (non-hydrogen) atoms. The van der Waals surface area contributed by atoms with Crippen LogP contribution in [0.15, 0.2) is 0 Å². The zero-order valence-electron chi connectivity index (χ0n) is 4.89. The van der Waals surface area contributed by atoms with Crippen LogP contribution in [-0.2, 0) is 4.79 Å². The maximum absolute atomic E-state index is 9.95. The highest BCUT2D eigenvalue weighted by molar-refractivity contribution is 7.93. The van der Waals surface area contributed by atoms with Gasteiger partial charge in [0.15, 0.2) is 0 Å². The first kappa shape index (κ1) is 9.18. The quantitative estimate of drug-likeness (QED) is 0.325. The lowest BCUT2D eigenvalue weighted by molar-refractivity contribution is -0.284. The molecule has 7 heteroatoms. The molecule has 0 aliphatic carbocycles. The summed E-state index contributed by atoms with van der Waals surface area (Å²) >= 11 is 0.284. The molecule has 0 amide bonds. The van der Waals surface area contributed by atoms with E-state index in [-0.39, 0.29) is 17.7 Å². The van der Waals surface area contributed by atoms with Crippen LogP contribution in [0.3, 0.4) is 0 Å². The van der Waals surface area contributed by atoms with Crippen molar-refractivity contribution in [1.82, 2.24) is 0 Å². The molecule has 0 aromatic heterocycles. The number of rotatable bonds is 4. The van der Waals surface area contributed by atoms with Crippen molar-refractivity contribution in [1.29, 1.82) is 0 Å². The minimum atomic E-state index is -1.23. The first-order valence-electron chi connectivity index (χ1n) is 2.29. The van der Waals surface area contributed by atoms with Gasteiger partial charge in [-0.25, -0.2) is 0 Å². The van der Waals surface area contributed by atoms with Crippen LogP contribution in [0.1, 0.15) is 0 Å². The van der Waals surface area contributed by atoms with Crippen LogP contribution in [0.2, 0.25) is 0 Å². The van der Waals surface area contributed by atoms with Crippen molar-refractivity contribution in [2.45, 2.75) is 6.04 Å². The molecule has 0 heterocycles. The monoisotopic (exact) mass is 166 g/mol. The van der Waals surface area contributed by atoms with Gasteiger partial charge in [-0.2, -0.15) is 0 Å². The maximum atomic E-state index is 9.95. The van der Waals surface area contributed by atoms with Gasteiger partial charge in [-0.1, -0.05) is 0 Å². The van der Waals surface area contributed by atoms with Crippen LogP contribution in [0.5, 0.6) is 0 Å². The Labute approximate surface area is 60.7 Å². The molecule has 6 nitrogen and oxygen atoms in total. The smallest absolute Gasteiger partial charge is 0.321 e. The molecule has 0 aromatic carbocycles. The SMILES string of the molecule is N[C@@H](CS[N+](=O)[O-])C(=O)O. The standard InChI is InChI=1S/C3H6N2O4S/c4-2(3(6)7)1-10-5(8)9/h2H,1,4H2,(H,6,7)/t2-/m0/s1. The van der Waals surface area contributed by atoms with E-state index < -0.39 is 16.3 Å². The fourth-order valence-electron chi connectivity index (χ4n) is 0.212. The summed E-state index contributed by atoms with van der Waals surface area (Å²) in [6.45, 7) is 0. The van der Waals surface area contributed by atoms with Gasteiger partial charge in [0.2, 0.25) is 11.9 Å². The molecule has 0 radical (unpaired) electrons. The number of hydrogen-bond acceptors (Lipinski definition) is 5. The van der Waals surface area contributed by atoms with Gasteiger partial charge < -0.3 is 10.8 Å². The molecule has 0 aliphatic rings. The van der Waals surface area contributed by atoms with Crippen LogP contribution in [0.25, 0.3) is 0 Å². The van der Waals surface area contributed by atoms with Gasteiger partial charge in [0, 0.05) is 0 Å². The molecule has 0 fully saturated rings. The minimum absolute atomic E-state index is 0.206. The second-order valence-corrected chi connectivity index (χ2v) is 2.35. The van der Waals surface area contributed by atoms with Crippen molar-refractivity contribution >= 4 is 17.9 Å². The summed E-state index contributed by atoms with van der Waals surface area (Å²) in [6.07, 6.45) is 0. The Morgan fingerprint density at radius 3 is 2.70 bits per heavy atom. The van der Waals surface area contributed by atoms with E-state index in [0.29, 0.717) is 0 Å². The van der Waals surface area contributed by atoms with E-state index in [2.05, 4.69) is 0 Å². The highest BCUT2D eigenvalue weighted by Crippen LogP contribution is 2.00. The molecule has 58 valence electrons. The lowest BCUT2D eigenvalue weighted by Crippen LogP contribution is -2.32. The number of carboxylic acid groups (broad SMARTS) is 1. The molecule has 0 aliphatic heterocycles. The molecule has 0 bridgehead atoms. The number of nitrogens with two attached hydrogens (primary N) is 1. The molecule has 1 atom stereocenters. The van der Waals surface area contributed by atoms with Crippen molar-refractivity contribution in [2.24, 2.45) is 5.73 Å². The zero-order valence-corrected chi connectivity index (χ0v) is 5.71. The molecule has 0 saturated carbocycles. The summed E-state index contributed by atoms with van der Waals surface area (Å²) in [7, 11) is 0. The third kappa shape index (κ3) is 4.10. The predicted molar refractivity (Wildman–Crippen MR) is 35.1 cm³/mol. The fourth-order valence-corrected chi connectivity index (χ4v) is 0.637. The number of nitrogens with zero attached hydrogens (tertiary/aromatic N) is 1. The third-order valence-corrected chi connectivity index (χ3v) is 1.40. The second-order valence-electron chi connectivity index (χ2n) is 1.46. The molecular formula is C3H6N2O4S. The van der Waals surface area contributed by atoms with Gasteiger partial charge in [0.25, 0.3) is 0 Å². The number of carbonyl (C=O) groups is 1. The first-order valence-corrected chi connectivity index (χ1v) is 3.24. The highest BCUT2D eigenvalue weighted by Gasteiger charge is 2.15. The Hall–Kier alpha value is -0.820. The van der Waals surface area contributed by atoms with Crippen LogP contribution < -0.4 is 5.73 Å². The maximum Gasteiger partial charge on any atom is 0.321 e. The predicted octanol–water partition coefficient (Wildman–Crippen LogP) is -0.677. The lowest BCUT2D eigenvalue weighted by Gasteiger charge is -1.98. The van der Waals surface area contributed by atoms with E-state index >= 15 is 0 Å². The third-order valence-electron chi connectivity index (χ3n) is 0.677. The minimum Gasteiger partial charge on any atom is -0.480 e. The van der Waals surface area contributed by atoms with E-state index in [0.717, 1.165) is 0 Å². The fraction of sp³-hybridized carbons (Fsp3) is 0.667. The second kappa shape index (κ2) is 4.07. The molecule has 0 saturated heterocycles. The molecule has 0 unspecified atom stereocenters. The summed E-state index contributed by atoms with van der Waals surface area (Å²) in [5.41, 5.74) is 4.94. The van der Waals surface area contributed by atoms with Crippen molar-refractivity contribution in [3.63, 3.8) is 0 Å². The molecule has 3 N–H and O–H groups in total.